The van der Waals surface area contributed by atoms with Gasteiger partial charge in [-0.15, -0.1) is 0 Å². The van der Waals surface area contributed by atoms with E-state index in [4.69, 9.17) is 9.15 Å². The van der Waals surface area contributed by atoms with Gasteiger partial charge in [-0.05, 0) is 38.7 Å². The second-order valence-electron chi connectivity index (χ2n) is 5.84. The predicted octanol–water partition coefficient (Wildman–Crippen LogP) is 2.75. The molecule has 1 aliphatic carbocycles. The van der Waals surface area contributed by atoms with Crippen LogP contribution in [0.25, 0.3) is 0 Å². The van der Waals surface area contributed by atoms with Crippen molar-refractivity contribution in [1.29, 1.82) is 0 Å². The molecular weight excluding hydrogens is 270 g/mol. The van der Waals surface area contributed by atoms with Gasteiger partial charge in [0.2, 0.25) is 0 Å². The maximum absolute atomic E-state index is 11.9. The molecule has 0 aliphatic heterocycles. The van der Waals surface area contributed by atoms with Crippen LogP contribution >= 0.6 is 0 Å². The number of hydrogen-bond donors (Lipinski definition) is 1. The SMILES string of the molecule is Cc1cc(C(=O)OCC(=O)N[C@H]2CCCC[C@@H]2C)c(C)o1. The summed E-state index contributed by atoms with van der Waals surface area (Å²) in [5, 5.41) is 2.96. The molecular formula is C16H23NO4. The summed E-state index contributed by atoms with van der Waals surface area (Å²) in [7, 11) is 0. The van der Waals surface area contributed by atoms with Crippen LogP contribution < -0.4 is 5.32 Å². The normalized spacial score (nSPS) is 21.9. The smallest absolute Gasteiger partial charge is 0.342 e. The Morgan fingerprint density at radius 2 is 2.05 bits per heavy atom. The van der Waals surface area contributed by atoms with E-state index in [0.29, 0.717) is 23.0 Å². The summed E-state index contributed by atoms with van der Waals surface area (Å²) in [6, 6.07) is 1.82. The lowest BCUT2D eigenvalue weighted by Gasteiger charge is -2.29. The number of ether oxygens (including phenoxy) is 1. The molecule has 1 amide bonds. The van der Waals surface area contributed by atoms with E-state index in [-0.39, 0.29) is 18.6 Å². The summed E-state index contributed by atoms with van der Waals surface area (Å²) in [5.74, 6) is 0.895. The van der Waals surface area contributed by atoms with E-state index in [2.05, 4.69) is 12.2 Å². The van der Waals surface area contributed by atoms with Crippen molar-refractivity contribution in [2.45, 2.75) is 52.5 Å². The van der Waals surface area contributed by atoms with Crippen LogP contribution in [0.4, 0.5) is 0 Å². The number of esters is 1. The summed E-state index contributed by atoms with van der Waals surface area (Å²) in [6.45, 7) is 5.37. The lowest BCUT2D eigenvalue weighted by molar-refractivity contribution is -0.125. The molecule has 0 aromatic carbocycles. The Bertz CT molecular complexity index is 520. The van der Waals surface area contributed by atoms with E-state index in [9.17, 15) is 9.59 Å². The standard InChI is InChI=1S/C16H23NO4/c1-10-6-4-5-7-14(10)17-15(18)9-20-16(19)13-8-11(2)21-12(13)3/h8,10,14H,4-7,9H2,1-3H3,(H,17,18)/t10-,14-/m0/s1. The van der Waals surface area contributed by atoms with Gasteiger partial charge in [0.1, 0.15) is 17.1 Å². The minimum atomic E-state index is -0.517. The fourth-order valence-corrected chi connectivity index (χ4v) is 2.82. The van der Waals surface area contributed by atoms with Crippen molar-refractivity contribution in [3.63, 3.8) is 0 Å². The fourth-order valence-electron chi connectivity index (χ4n) is 2.82. The number of carbonyl (C=O) groups excluding carboxylic acids is 2. The van der Waals surface area contributed by atoms with Gasteiger partial charge in [-0.3, -0.25) is 4.79 Å². The molecule has 0 saturated heterocycles. The number of nitrogens with one attached hydrogen (secondary N) is 1. The number of hydrogen-bond acceptors (Lipinski definition) is 4. The highest BCUT2D eigenvalue weighted by molar-refractivity contribution is 5.92. The van der Waals surface area contributed by atoms with Crippen molar-refractivity contribution in [3.8, 4) is 0 Å². The third-order valence-corrected chi connectivity index (χ3v) is 4.05. The van der Waals surface area contributed by atoms with Gasteiger partial charge in [-0.2, -0.15) is 0 Å². The second kappa shape index (κ2) is 6.78. The molecule has 1 aromatic heterocycles. The van der Waals surface area contributed by atoms with Crippen LogP contribution in [0.5, 0.6) is 0 Å². The second-order valence-corrected chi connectivity index (χ2v) is 5.84. The average Bonchev–Trinajstić information content (AvgIpc) is 2.78. The Hall–Kier alpha value is -1.78. The molecule has 2 rings (SSSR count). The van der Waals surface area contributed by atoms with E-state index in [1.807, 2.05) is 0 Å². The molecule has 0 spiro atoms. The highest BCUT2D eigenvalue weighted by atomic mass is 16.5. The molecule has 1 saturated carbocycles. The van der Waals surface area contributed by atoms with Gasteiger partial charge >= 0.3 is 5.97 Å². The van der Waals surface area contributed by atoms with Crippen LogP contribution in [0.3, 0.4) is 0 Å². The number of aryl methyl sites for hydroxylation is 2. The molecule has 2 atom stereocenters. The molecule has 5 heteroatoms. The lowest BCUT2D eigenvalue weighted by atomic mass is 9.86. The summed E-state index contributed by atoms with van der Waals surface area (Å²) < 4.78 is 10.3. The molecule has 1 N–H and O–H groups in total. The monoisotopic (exact) mass is 293 g/mol. The van der Waals surface area contributed by atoms with Gasteiger partial charge in [0.15, 0.2) is 6.61 Å². The molecule has 21 heavy (non-hydrogen) atoms. The Balaban J connectivity index is 1.81. The summed E-state index contributed by atoms with van der Waals surface area (Å²) in [6.07, 6.45) is 4.50. The molecule has 1 heterocycles. The quantitative estimate of drug-likeness (QED) is 0.867. The van der Waals surface area contributed by atoms with Gasteiger partial charge in [-0.25, -0.2) is 4.79 Å². The largest absolute Gasteiger partial charge is 0.466 e. The zero-order valence-corrected chi connectivity index (χ0v) is 12.9. The van der Waals surface area contributed by atoms with Crippen LogP contribution in [0, 0.1) is 19.8 Å². The third kappa shape index (κ3) is 4.09. The molecule has 1 aromatic rings. The van der Waals surface area contributed by atoms with Crippen molar-refractivity contribution in [2.24, 2.45) is 5.92 Å². The van der Waals surface area contributed by atoms with Crippen molar-refractivity contribution in [2.75, 3.05) is 6.61 Å². The zero-order chi connectivity index (χ0) is 15.4. The molecule has 0 unspecified atom stereocenters. The van der Waals surface area contributed by atoms with Crippen LogP contribution in [-0.4, -0.2) is 24.5 Å². The molecule has 0 radical (unpaired) electrons. The van der Waals surface area contributed by atoms with Gasteiger partial charge < -0.3 is 14.5 Å². The first-order valence-corrected chi connectivity index (χ1v) is 7.51. The predicted molar refractivity (Wildman–Crippen MR) is 78.0 cm³/mol. The van der Waals surface area contributed by atoms with Crippen molar-refractivity contribution in [1.82, 2.24) is 5.32 Å². The number of amides is 1. The van der Waals surface area contributed by atoms with Crippen LogP contribution in [0.15, 0.2) is 10.5 Å². The number of carbonyl (C=O) groups is 2. The first-order chi connectivity index (χ1) is 9.97. The first-order valence-electron chi connectivity index (χ1n) is 7.51. The van der Waals surface area contributed by atoms with E-state index >= 15 is 0 Å². The van der Waals surface area contributed by atoms with E-state index < -0.39 is 5.97 Å². The highest BCUT2D eigenvalue weighted by Gasteiger charge is 2.23. The minimum absolute atomic E-state index is 0.197. The molecule has 116 valence electrons. The minimum Gasteiger partial charge on any atom is -0.466 e. The molecule has 5 nitrogen and oxygen atoms in total. The van der Waals surface area contributed by atoms with E-state index in [1.54, 1.807) is 19.9 Å². The summed E-state index contributed by atoms with van der Waals surface area (Å²) in [4.78, 5) is 23.7. The van der Waals surface area contributed by atoms with Crippen LogP contribution in [0.1, 0.15) is 54.5 Å². The van der Waals surface area contributed by atoms with Crippen molar-refractivity contribution >= 4 is 11.9 Å². The molecule has 0 bridgehead atoms. The Labute approximate surface area is 125 Å². The molecule has 1 fully saturated rings. The maximum atomic E-state index is 11.9. The average molecular weight is 293 g/mol. The van der Waals surface area contributed by atoms with Crippen LogP contribution in [0.2, 0.25) is 0 Å². The Morgan fingerprint density at radius 3 is 2.67 bits per heavy atom. The highest BCUT2D eigenvalue weighted by Crippen LogP contribution is 2.23. The van der Waals surface area contributed by atoms with Gasteiger partial charge in [-0.1, -0.05) is 19.8 Å². The zero-order valence-electron chi connectivity index (χ0n) is 12.9. The molecule has 1 aliphatic rings. The summed E-state index contributed by atoms with van der Waals surface area (Å²) in [5.41, 5.74) is 0.381. The summed E-state index contributed by atoms with van der Waals surface area (Å²) >= 11 is 0. The Kier molecular flexibility index (Phi) is 5.04. The first kappa shape index (κ1) is 15.6. The lowest BCUT2D eigenvalue weighted by Crippen LogP contribution is -2.42. The number of rotatable bonds is 4. The Morgan fingerprint density at radius 1 is 1.33 bits per heavy atom. The fraction of sp³-hybridized carbons (Fsp3) is 0.625. The van der Waals surface area contributed by atoms with Gasteiger partial charge in [0, 0.05) is 6.04 Å². The maximum Gasteiger partial charge on any atom is 0.342 e. The van der Waals surface area contributed by atoms with E-state index in [0.717, 1.165) is 19.3 Å². The van der Waals surface area contributed by atoms with Crippen molar-refractivity contribution in [3.05, 3.63) is 23.2 Å². The topological polar surface area (TPSA) is 68.5 Å². The van der Waals surface area contributed by atoms with Gasteiger partial charge in [0.25, 0.3) is 5.91 Å². The number of furan rings is 1. The van der Waals surface area contributed by atoms with Crippen LogP contribution in [-0.2, 0) is 9.53 Å². The van der Waals surface area contributed by atoms with Crippen molar-refractivity contribution < 1.29 is 18.7 Å². The third-order valence-electron chi connectivity index (χ3n) is 4.05. The van der Waals surface area contributed by atoms with Gasteiger partial charge in [0.05, 0.1) is 0 Å². The van der Waals surface area contributed by atoms with E-state index in [1.165, 1.54) is 6.42 Å².